The number of hydrogen-bond acceptors (Lipinski definition) is 7. The molecule has 3 atom stereocenters. The number of ether oxygens (including phenoxy) is 1. The van der Waals surface area contributed by atoms with Crippen molar-refractivity contribution >= 4 is 19.7 Å². The minimum absolute atomic E-state index is 0.0276. The van der Waals surface area contributed by atoms with Gasteiger partial charge in [-0.3, -0.25) is 14.2 Å². The summed E-state index contributed by atoms with van der Waals surface area (Å²) in [5, 5.41) is 3.04. The molecular weight excluding hydrogens is 1070 g/mol. The predicted octanol–water partition coefficient (Wildman–Crippen LogP) is 22.3. The van der Waals surface area contributed by atoms with E-state index in [1.54, 1.807) is 0 Å². The quantitative estimate of drug-likeness (QED) is 0.0212. The zero-order chi connectivity index (χ0) is 62.1. The van der Waals surface area contributed by atoms with E-state index in [2.05, 4.69) is 99.0 Å². The molecule has 0 spiro atoms. The first-order chi connectivity index (χ1) is 41.4. The third-order valence-corrected chi connectivity index (χ3v) is 16.8. The van der Waals surface area contributed by atoms with Crippen LogP contribution in [0.4, 0.5) is 0 Å². The van der Waals surface area contributed by atoms with Crippen LogP contribution in [-0.4, -0.2) is 69.4 Å². The first-order valence-corrected chi connectivity index (χ1v) is 37.4. The summed E-state index contributed by atoms with van der Waals surface area (Å²) in [6.07, 6.45) is 85.7. The van der Waals surface area contributed by atoms with Gasteiger partial charge >= 0.3 is 5.97 Å². The standard InChI is InChI=1S/C75H137N2O7P/c1-7-10-13-16-19-22-25-27-29-31-33-35-36-37-38-39-40-42-43-45-47-49-52-55-58-61-64-67-74(78)76-72(71-83-85(80,81)82-70-69-77(4,5)6)73(66-63-60-57-54-51-24-21-18-15-12-9-3)84-75(79)68-65-62-59-56-53-50-48-46-44-41-34-32-30-28-26-23-20-17-14-11-8-2/h11,14,20,23,27-30,34,41,46,48,63,66,72-73H,7-10,12-13,15-19,21-22,24-26,31-33,35-40,42-45,47,49-62,64-65,67-71H2,1-6H3,(H-,76,78,80,81)/b14-11-,23-20-,29-27+,30-28-,41-34-,48-46-,66-63-. The number of hydrogen-bond donors (Lipinski definition) is 1. The van der Waals surface area contributed by atoms with E-state index >= 15 is 0 Å². The Labute approximate surface area is 526 Å². The average Bonchev–Trinajstić information content (AvgIpc) is 3.63. The van der Waals surface area contributed by atoms with E-state index in [1.807, 2.05) is 33.3 Å². The molecule has 0 aliphatic rings. The van der Waals surface area contributed by atoms with E-state index in [9.17, 15) is 19.0 Å². The van der Waals surface area contributed by atoms with Crippen LogP contribution in [0.5, 0.6) is 0 Å². The molecule has 0 aromatic carbocycles. The van der Waals surface area contributed by atoms with Crippen molar-refractivity contribution in [1.29, 1.82) is 0 Å². The highest BCUT2D eigenvalue weighted by Gasteiger charge is 2.27. The summed E-state index contributed by atoms with van der Waals surface area (Å²) in [4.78, 5) is 40.2. The van der Waals surface area contributed by atoms with Gasteiger partial charge in [-0.1, -0.05) is 299 Å². The van der Waals surface area contributed by atoms with E-state index in [4.69, 9.17) is 13.8 Å². The van der Waals surface area contributed by atoms with Gasteiger partial charge in [0, 0.05) is 12.8 Å². The van der Waals surface area contributed by atoms with Crippen molar-refractivity contribution < 1.29 is 37.3 Å². The van der Waals surface area contributed by atoms with Crippen LogP contribution in [0.2, 0.25) is 0 Å². The van der Waals surface area contributed by atoms with Crippen LogP contribution >= 0.6 is 7.82 Å². The molecule has 1 N–H and O–H groups in total. The second-order valence-electron chi connectivity index (χ2n) is 25.4. The van der Waals surface area contributed by atoms with Gasteiger partial charge in [-0.05, 0) is 102 Å². The number of unbranched alkanes of at least 4 members (excludes halogenated alkanes) is 37. The molecule has 0 aliphatic heterocycles. The number of carbonyl (C=O) groups excluding carboxylic acids is 2. The van der Waals surface area contributed by atoms with Crippen molar-refractivity contribution in [3.63, 3.8) is 0 Å². The number of phosphoric acid groups is 1. The molecule has 0 heterocycles. The molecule has 0 aliphatic carbocycles. The fourth-order valence-corrected chi connectivity index (χ4v) is 11.0. The van der Waals surface area contributed by atoms with Gasteiger partial charge in [0.2, 0.25) is 5.91 Å². The van der Waals surface area contributed by atoms with E-state index in [-0.39, 0.29) is 24.9 Å². The summed E-state index contributed by atoms with van der Waals surface area (Å²) in [5.74, 6) is -0.556. The number of phosphoric ester groups is 1. The van der Waals surface area contributed by atoms with Gasteiger partial charge in [-0.15, -0.1) is 0 Å². The molecule has 0 saturated heterocycles. The van der Waals surface area contributed by atoms with Gasteiger partial charge < -0.3 is 28.5 Å². The highest BCUT2D eigenvalue weighted by Crippen LogP contribution is 2.38. The summed E-state index contributed by atoms with van der Waals surface area (Å²) < 4.78 is 30.4. The van der Waals surface area contributed by atoms with Gasteiger partial charge in [-0.25, -0.2) is 0 Å². The molecule has 494 valence electrons. The Bertz CT molecular complexity index is 1730. The molecule has 0 bridgehead atoms. The molecule has 0 saturated carbocycles. The van der Waals surface area contributed by atoms with Crippen molar-refractivity contribution in [3.8, 4) is 0 Å². The van der Waals surface area contributed by atoms with Crippen LogP contribution in [0.25, 0.3) is 0 Å². The van der Waals surface area contributed by atoms with Crippen molar-refractivity contribution in [2.24, 2.45) is 0 Å². The molecule has 0 rings (SSSR count). The monoisotopic (exact) mass is 1210 g/mol. The fourth-order valence-electron chi connectivity index (χ4n) is 10.3. The zero-order valence-corrected chi connectivity index (χ0v) is 57.4. The van der Waals surface area contributed by atoms with E-state index in [0.29, 0.717) is 23.9 Å². The maximum atomic E-state index is 13.6. The minimum atomic E-state index is -4.71. The lowest BCUT2D eigenvalue weighted by Gasteiger charge is -2.30. The highest BCUT2D eigenvalue weighted by molar-refractivity contribution is 7.45. The lowest BCUT2D eigenvalue weighted by Crippen LogP contribution is -2.47. The lowest BCUT2D eigenvalue weighted by molar-refractivity contribution is -0.870. The fraction of sp³-hybridized carbons (Fsp3) is 0.787. The third kappa shape index (κ3) is 65.5. The molecule has 3 unspecified atom stereocenters. The van der Waals surface area contributed by atoms with Crippen molar-refractivity contribution in [2.75, 3.05) is 40.9 Å². The smallest absolute Gasteiger partial charge is 0.306 e. The zero-order valence-electron chi connectivity index (χ0n) is 56.6. The van der Waals surface area contributed by atoms with Gasteiger partial charge in [0.15, 0.2) is 0 Å². The van der Waals surface area contributed by atoms with Gasteiger partial charge in [0.05, 0.1) is 33.8 Å². The first kappa shape index (κ1) is 82.2. The highest BCUT2D eigenvalue weighted by atomic mass is 31.2. The second kappa shape index (κ2) is 64.2. The molecule has 9 nitrogen and oxygen atoms in total. The lowest BCUT2D eigenvalue weighted by atomic mass is 10.0. The number of likely N-dealkylation sites (N-methyl/N-ethyl adjacent to an activating group) is 1. The molecule has 0 aromatic rings. The Balaban J connectivity index is 5.01. The minimum Gasteiger partial charge on any atom is -0.756 e. The number of esters is 1. The molecule has 0 radical (unpaired) electrons. The Morgan fingerprint density at radius 1 is 0.424 bits per heavy atom. The SMILES string of the molecule is CC/C=C\C/C=C\C/C=C\C/C=C\C/C=C\CCCCCCCC(=O)OC(/C=C\CCCCCCCCCCC)C(COP(=O)([O-])OCC[N+](C)(C)C)NC(=O)CCCCCCCCCCCCCCCCCCC/C=C/CCCCCCCC. The summed E-state index contributed by atoms with van der Waals surface area (Å²) in [6, 6.07) is -0.900. The Morgan fingerprint density at radius 2 is 0.753 bits per heavy atom. The molecular formula is C75H137N2O7P. The van der Waals surface area contributed by atoms with Crippen molar-refractivity contribution in [1.82, 2.24) is 5.32 Å². The van der Waals surface area contributed by atoms with Gasteiger partial charge in [0.1, 0.15) is 19.3 Å². The van der Waals surface area contributed by atoms with Crippen LogP contribution < -0.4 is 10.2 Å². The maximum Gasteiger partial charge on any atom is 0.306 e. The predicted molar refractivity (Wildman–Crippen MR) is 367 cm³/mol. The van der Waals surface area contributed by atoms with Crippen LogP contribution in [0.15, 0.2) is 85.1 Å². The summed E-state index contributed by atoms with van der Waals surface area (Å²) in [7, 11) is 1.17. The number of allylic oxidation sites excluding steroid dienone is 13. The summed E-state index contributed by atoms with van der Waals surface area (Å²) in [6.45, 7) is 6.74. The summed E-state index contributed by atoms with van der Waals surface area (Å²) >= 11 is 0. The normalized spacial score (nSPS) is 14.0. The maximum absolute atomic E-state index is 13.6. The number of carbonyl (C=O) groups is 2. The average molecular weight is 1210 g/mol. The summed E-state index contributed by atoms with van der Waals surface area (Å²) in [5.41, 5.74) is 0. The van der Waals surface area contributed by atoms with Gasteiger partial charge in [0.25, 0.3) is 7.82 Å². The first-order valence-electron chi connectivity index (χ1n) is 35.9. The van der Waals surface area contributed by atoms with Crippen molar-refractivity contribution in [2.45, 2.75) is 341 Å². The molecule has 0 aromatic heterocycles. The molecule has 1 amide bonds. The topological polar surface area (TPSA) is 114 Å². The van der Waals surface area contributed by atoms with Crippen LogP contribution in [0.1, 0.15) is 329 Å². The van der Waals surface area contributed by atoms with Crippen LogP contribution in [0, 0.1) is 0 Å². The van der Waals surface area contributed by atoms with Crippen LogP contribution in [-0.2, 0) is 27.9 Å². The van der Waals surface area contributed by atoms with Gasteiger partial charge in [-0.2, -0.15) is 0 Å². The Kier molecular flexibility index (Phi) is 62.1. The number of quaternary nitrogens is 1. The number of nitrogens with zero attached hydrogens (tertiary/aromatic N) is 1. The molecule has 0 fully saturated rings. The number of nitrogens with one attached hydrogen (secondary N) is 1. The van der Waals surface area contributed by atoms with E-state index < -0.39 is 26.6 Å². The van der Waals surface area contributed by atoms with E-state index in [1.165, 1.54) is 186 Å². The second-order valence-corrected chi connectivity index (χ2v) is 26.8. The van der Waals surface area contributed by atoms with E-state index in [0.717, 1.165) is 103 Å². The number of amides is 1. The number of rotatable bonds is 65. The molecule has 10 heteroatoms. The third-order valence-electron chi connectivity index (χ3n) is 15.8. The Morgan fingerprint density at radius 3 is 1.14 bits per heavy atom. The molecule has 85 heavy (non-hydrogen) atoms. The largest absolute Gasteiger partial charge is 0.756 e. The van der Waals surface area contributed by atoms with Crippen LogP contribution in [0.3, 0.4) is 0 Å². The Hall–Kier alpha value is -2.81. The van der Waals surface area contributed by atoms with Crippen molar-refractivity contribution in [3.05, 3.63) is 85.1 Å².